The van der Waals surface area contributed by atoms with Crippen molar-refractivity contribution >= 4 is 60.9 Å². The van der Waals surface area contributed by atoms with Gasteiger partial charge >= 0.3 is 0 Å². The topological polar surface area (TPSA) is 77.5 Å². The van der Waals surface area contributed by atoms with Crippen LogP contribution < -0.4 is 4.90 Å². The zero-order chi connectivity index (χ0) is 53.6. The maximum Gasteiger partial charge on any atom is 0.241 e. The molecule has 0 radical (unpaired) electrons. The molecule has 0 amide bonds. The number of fused-ring (bicyclic) bond motifs is 6. The molecule has 15 rings (SSSR count). The van der Waals surface area contributed by atoms with Crippen LogP contribution >= 0.6 is 0 Å². The van der Waals surface area contributed by atoms with Crippen molar-refractivity contribution < 1.29 is 0 Å². The van der Waals surface area contributed by atoms with Crippen molar-refractivity contribution in [3.8, 4) is 78.7 Å². The van der Waals surface area contributed by atoms with Gasteiger partial charge in [-0.3, -0.25) is 24.0 Å². The second-order valence-corrected chi connectivity index (χ2v) is 20.2. The molecule has 5 heterocycles. The van der Waals surface area contributed by atoms with Gasteiger partial charge in [0.2, 0.25) is 17.8 Å². The second kappa shape index (κ2) is 20.0. The van der Waals surface area contributed by atoms with Gasteiger partial charge in [0, 0.05) is 57.7 Å². The molecule has 380 valence electrons. The lowest BCUT2D eigenvalue weighted by molar-refractivity contribution is 0.878. The highest BCUT2D eigenvalue weighted by Crippen LogP contribution is 2.42. The predicted molar refractivity (Wildman–Crippen MR) is 331 cm³/mol. The number of rotatable bonds is 11. The first kappa shape index (κ1) is 47.1. The fourth-order valence-electron chi connectivity index (χ4n) is 11.4. The van der Waals surface area contributed by atoms with E-state index in [1.165, 1.54) is 0 Å². The van der Waals surface area contributed by atoms with E-state index < -0.39 is 0 Å². The molecule has 8 nitrogen and oxygen atoms in total. The Morgan fingerprint density at radius 3 is 0.790 bits per heavy atom. The van der Waals surface area contributed by atoms with E-state index in [-0.39, 0.29) is 0 Å². The lowest BCUT2D eigenvalue weighted by atomic mass is 10.0. The summed E-state index contributed by atoms with van der Waals surface area (Å²) in [6.07, 6.45) is 7.31. The molecule has 0 atom stereocenters. The van der Waals surface area contributed by atoms with Crippen molar-refractivity contribution in [1.29, 1.82) is 0 Å². The van der Waals surface area contributed by atoms with Crippen molar-refractivity contribution in [1.82, 2.24) is 34.1 Å². The zero-order valence-corrected chi connectivity index (χ0v) is 43.8. The summed E-state index contributed by atoms with van der Waals surface area (Å²) in [5, 5.41) is 4.34. The molecular formula is C73H48N8. The van der Waals surface area contributed by atoms with Gasteiger partial charge in [-0.15, -0.1) is 0 Å². The Labute approximate surface area is 467 Å². The quantitative estimate of drug-likeness (QED) is 0.128. The lowest BCUT2D eigenvalue weighted by Crippen LogP contribution is -2.18. The van der Waals surface area contributed by atoms with E-state index >= 15 is 0 Å². The molecule has 0 saturated heterocycles. The molecule has 0 aliphatic heterocycles. The minimum Gasteiger partial charge on any atom is -0.279 e. The Morgan fingerprint density at radius 2 is 0.494 bits per heavy atom. The third-order valence-electron chi connectivity index (χ3n) is 15.4. The summed E-state index contributed by atoms with van der Waals surface area (Å²) in [7, 11) is 0. The highest BCUT2D eigenvalue weighted by molar-refractivity contribution is 6.13. The van der Waals surface area contributed by atoms with Crippen LogP contribution in [-0.4, -0.2) is 34.1 Å². The van der Waals surface area contributed by atoms with E-state index in [9.17, 15) is 0 Å². The minimum absolute atomic E-state index is 0.442. The van der Waals surface area contributed by atoms with E-state index in [0.29, 0.717) is 17.8 Å². The van der Waals surface area contributed by atoms with Crippen molar-refractivity contribution in [3.05, 3.63) is 292 Å². The van der Waals surface area contributed by atoms with Gasteiger partial charge in [0.1, 0.15) is 0 Å². The first-order chi connectivity index (χ1) is 40.1. The predicted octanol–water partition coefficient (Wildman–Crippen LogP) is 18.3. The molecular weight excluding hydrogens is 989 g/mol. The second-order valence-electron chi connectivity index (χ2n) is 20.2. The number of hydrogen-bond acceptors (Lipinski definition) is 6. The Morgan fingerprint density at radius 1 is 0.235 bits per heavy atom. The van der Waals surface area contributed by atoms with E-state index in [1.807, 2.05) is 49.1 Å². The molecule has 0 unspecified atom stereocenters. The highest BCUT2D eigenvalue weighted by Gasteiger charge is 2.25. The normalized spacial score (nSPS) is 11.5. The van der Waals surface area contributed by atoms with Crippen LogP contribution in [0, 0.1) is 0 Å². The van der Waals surface area contributed by atoms with Crippen molar-refractivity contribution in [2.75, 3.05) is 4.90 Å². The Kier molecular flexibility index (Phi) is 11.7. The van der Waals surface area contributed by atoms with Gasteiger partial charge in [-0.1, -0.05) is 170 Å². The third-order valence-corrected chi connectivity index (χ3v) is 15.4. The first-order valence-electron chi connectivity index (χ1n) is 27.1. The van der Waals surface area contributed by atoms with Gasteiger partial charge in [-0.2, -0.15) is 15.0 Å². The maximum absolute atomic E-state index is 5.68. The SMILES string of the molecule is c1ccc(-c2ccc3c(c2)c2cc(-c4ccccc4)ccc2n3-c2nc(N(c3ccc(-c4ccncc4)cc3)c3ccc(-c4ccncc4)cc3)nc(-n3c4ccc(-c5ccccc5)cc4c4cc(-c5ccccc5)ccc43)n2)cc1. The summed E-state index contributed by atoms with van der Waals surface area (Å²) < 4.78 is 4.43. The van der Waals surface area contributed by atoms with Gasteiger partial charge in [0.25, 0.3) is 0 Å². The summed E-state index contributed by atoms with van der Waals surface area (Å²) in [6, 6.07) is 94.5. The van der Waals surface area contributed by atoms with Crippen LogP contribution in [0.4, 0.5) is 17.3 Å². The molecule has 0 N–H and O–H groups in total. The highest BCUT2D eigenvalue weighted by atomic mass is 15.4. The largest absolute Gasteiger partial charge is 0.279 e. The molecule has 5 aromatic heterocycles. The maximum atomic E-state index is 5.68. The summed E-state index contributed by atoms with van der Waals surface area (Å²) in [5.41, 5.74) is 18.9. The van der Waals surface area contributed by atoms with Crippen LogP contribution in [0.2, 0.25) is 0 Å². The number of nitrogens with zero attached hydrogens (tertiary/aromatic N) is 8. The van der Waals surface area contributed by atoms with Crippen LogP contribution in [0.15, 0.2) is 292 Å². The van der Waals surface area contributed by atoms with E-state index in [0.717, 1.165) is 122 Å². The van der Waals surface area contributed by atoms with E-state index in [4.69, 9.17) is 15.0 Å². The van der Waals surface area contributed by atoms with Gasteiger partial charge in [0.05, 0.1) is 22.1 Å². The molecule has 15 aromatic rings. The van der Waals surface area contributed by atoms with Crippen LogP contribution in [-0.2, 0) is 0 Å². The number of aromatic nitrogens is 7. The van der Waals surface area contributed by atoms with Gasteiger partial charge in [0.15, 0.2) is 0 Å². The van der Waals surface area contributed by atoms with Crippen LogP contribution in [0.3, 0.4) is 0 Å². The Hall–Kier alpha value is -11.1. The molecule has 10 aromatic carbocycles. The molecule has 0 aliphatic carbocycles. The van der Waals surface area contributed by atoms with Crippen LogP contribution in [0.5, 0.6) is 0 Å². The van der Waals surface area contributed by atoms with Gasteiger partial charge in [-0.25, -0.2) is 0 Å². The molecule has 0 fully saturated rings. The monoisotopic (exact) mass is 1040 g/mol. The van der Waals surface area contributed by atoms with Crippen molar-refractivity contribution in [2.45, 2.75) is 0 Å². The first-order valence-corrected chi connectivity index (χ1v) is 27.1. The molecule has 81 heavy (non-hydrogen) atoms. The summed E-state index contributed by atoms with van der Waals surface area (Å²) in [5.74, 6) is 1.38. The summed E-state index contributed by atoms with van der Waals surface area (Å²) in [4.78, 5) is 27.7. The number of benzene rings is 10. The van der Waals surface area contributed by atoms with Crippen molar-refractivity contribution in [3.63, 3.8) is 0 Å². The Balaban J connectivity index is 1.02. The van der Waals surface area contributed by atoms with Crippen LogP contribution in [0.1, 0.15) is 0 Å². The zero-order valence-electron chi connectivity index (χ0n) is 43.8. The average molecular weight is 1040 g/mol. The fourth-order valence-corrected chi connectivity index (χ4v) is 11.4. The van der Waals surface area contributed by atoms with Crippen LogP contribution in [0.25, 0.3) is 122 Å². The van der Waals surface area contributed by atoms with Gasteiger partial charge < -0.3 is 0 Å². The fraction of sp³-hybridized carbons (Fsp3) is 0. The summed E-state index contributed by atoms with van der Waals surface area (Å²) in [6.45, 7) is 0. The molecule has 0 saturated carbocycles. The standard InChI is InChI=1S/C73H48N8/c1-5-13-49(14-6-1)57-25-33-67-63(45-57)64-46-58(50-15-7-2-8-16-50)26-34-68(64)80(67)72-76-71(79(61-29-21-53(22-30-61)55-37-41-74-42-38-55)62-31-23-54(24-32-62)56-39-43-75-44-40-56)77-73(78-72)81-69-35-27-59(51-17-9-3-10-18-51)47-65(69)66-48-60(28-36-70(66)81)52-19-11-4-12-20-52/h1-48H. The Bertz CT molecular complexity index is 4260. The number of hydrogen-bond donors (Lipinski definition) is 0. The van der Waals surface area contributed by atoms with E-state index in [1.54, 1.807) is 0 Å². The average Bonchev–Trinajstić information content (AvgIpc) is 3.75. The minimum atomic E-state index is 0.442. The molecule has 0 spiro atoms. The van der Waals surface area contributed by atoms with Gasteiger partial charge in [-0.05, 0) is 164 Å². The van der Waals surface area contributed by atoms with E-state index in [2.05, 4.69) is 267 Å². The third kappa shape index (κ3) is 8.64. The van der Waals surface area contributed by atoms with Crippen molar-refractivity contribution in [2.24, 2.45) is 0 Å². The molecule has 0 bridgehead atoms. The molecule has 0 aliphatic rings. The lowest BCUT2D eigenvalue weighted by Gasteiger charge is -2.25. The molecule has 8 heteroatoms. The number of pyridine rings is 2. The number of anilines is 3. The summed E-state index contributed by atoms with van der Waals surface area (Å²) >= 11 is 0. The smallest absolute Gasteiger partial charge is 0.241 e.